The van der Waals surface area contributed by atoms with E-state index in [0.29, 0.717) is 0 Å². The van der Waals surface area contributed by atoms with Gasteiger partial charge in [-0.3, -0.25) is 0 Å². The number of piperidine rings is 1. The third-order valence-corrected chi connectivity index (χ3v) is 3.92. The van der Waals surface area contributed by atoms with Gasteiger partial charge < -0.3 is 4.90 Å². The predicted octanol–water partition coefficient (Wildman–Crippen LogP) is 2.23. The van der Waals surface area contributed by atoms with Gasteiger partial charge in [-0.2, -0.15) is 10.4 Å². The Morgan fingerprint density at radius 2 is 2.17 bits per heavy atom. The van der Waals surface area contributed by atoms with Crippen LogP contribution in [0.25, 0.3) is 5.52 Å². The van der Waals surface area contributed by atoms with Crippen LogP contribution < -0.4 is 4.90 Å². The van der Waals surface area contributed by atoms with Gasteiger partial charge in [0.15, 0.2) is 5.82 Å². The normalized spacial score (nSPS) is 17.0. The number of fused-ring (bicyclic) bond motifs is 1. The minimum absolute atomic E-state index is 0.189. The summed E-state index contributed by atoms with van der Waals surface area (Å²) < 4.78 is 2.77. The van der Waals surface area contributed by atoms with Gasteiger partial charge >= 0.3 is 0 Å². The molecule has 0 N–H and O–H groups in total. The number of hydrogen-bond donors (Lipinski definition) is 0. The van der Waals surface area contributed by atoms with Gasteiger partial charge in [-0.25, -0.2) is 9.50 Å². The van der Waals surface area contributed by atoms with E-state index in [1.54, 1.807) is 12.4 Å². The molecule has 0 spiro atoms. The average Bonchev–Trinajstić information content (AvgIpc) is 2.81. The molecule has 3 heterocycles. The molecule has 1 aliphatic heterocycles. The Morgan fingerprint density at radius 3 is 2.89 bits per heavy atom. The number of hydrogen-bond acceptors (Lipinski definition) is 4. The van der Waals surface area contributed by atoms with E-state index >= 15 is 0 Å². The van der Waals surface area contributed by atoms with Crippen LogP contribution in [-0.2, 0) is 0 Å². The molecule has 0 saturated carbocycles. The average molecular weight is 306 g/mol. The van der Waals surface area contributed by atoms with E-state index in [1.165, 1.54) is 0 Å². The fourth-order valence-electron chi connectivity index (χ4n) is 2.34. The van der Waals surface area contributed by atoms with Crippen molar-refractivity contribution in [2.75, 3.05) is 18.0 Å². The second kappa shape index (κ2) is 4.58. The lowest BCUT2D eigenvalue weighted by atomic mass is 9.99. The monoisotopic (exact) mass is 305 g/mol. The molecule has 1 saturated heterocycles. The zero-order chi connectivity index (χ0) is 12.5. The van der Waals surface area contributed by atoms with Crippen molar-refractivity contribution in [1.29, 1.82) is 5.26 Å². The zero-order valence-corrected chi connectivity index (χ0v) is 11.3. The van der Waals surface area contributed by atoms with E-state index in [2.05, 4.69) is 37.0 Å². The molecule has 0 aliphatic carbocycles. The summed E-state index contributed by atoms with van der Waals surface area (Å²) in [6.07, 6.45) is 7.20. The molecule has 2 aromatic heterocycles. The van der Waals surface area contributed by atoms with Crippen molar-refractivity contribution in [3.63, 3.8) is 0 Å². The summed E-state index contributed by atoms with van der Waals surface area (Å²) in [6.45, 7) is 1.76. The summed E-state index contributed by atoms with van der Waals surface area (Å²) in [6, 6.07) is 2.35. The lowest BCUT2D eigenvalue weighted by Crippen LogP contribution is -2.34. The van der Waals surface area contributed by atoms with E-state index in [0.717, 1.165) is 41.7 Å². The number of rotatable bonds is 1. The first-order chi connectivity index (χ1) is 8.79. The molecule has 0 atom stereocenters. The predicted molar refractivity (Wildman–Crippen MR) is 71.2 cm³/mol. The van der Waals surface area contributed by atoms with Crippen LogP contribution in [0.4, 0.5) is 5.82 Å². The number of aromatic nitrogens is 3. The zero-order valence-electron chi connectivity index (χ0n) is 9.75. The first-order valence-electron chi connectivity index (χ1n) is 5.92. The molecule has 1 aliphatic rings. The van der Waals surface area contributed by atoms with Gasteiger partial charge in [-0.1, -0.05) is 0 Å². The van der Waals surface area contributed by atoms with Crippen LogP contribution in [0.1, 0.15) is 12.8 Å². The quantitative estimate of drug-likeness (QED) is 0.811. The number of nitriles is 1. The molecule has 0 bridgehead atoms. The Hall–Kier alpha value is -1.61. The van der Waals surface area contributed by atoms with Crippen molar-refractivity contribution in [2.24, 2.45) is 5.92 Å². The second-order valence-electron chi connectivity index (χ2n) is 4.43. The van der Waals surface area contributed by atoms with Gasteiger partial charge in [-0.15, -0.1) is 0 Å². The largest absolute Gasteiger partial charge is 0.355 e. The van der Waals surface area contributed by atoms with Gasteiger partial charge in [0.1, 0.15) is 5.52 Å². The van der Waals surface area contributed by atoms with E-state index in [4.69, 9.17) is 5.26 Å². The molecule has 6 heteroatoms. The molecule has 1 fully saturated rings. The van der Waals surface area contributed by atoms with Gasteiger partial charge in [0.2, 0.25) is 0 Å². The topological polar surface area (TPSA) is 57.2 Å². The minimum Gasteiger partial charge on any atom is -0.355 e. The Kier molecular flexibility index (Phi) is 2.92. The highest BCUT2D eigenvalue weighted by Crippen LogP contribution is 2.29. The summed E-state index contributed by atoms with van der Waals surface area (Å²) in [5.41, 5.74) is 0.993. The third-order valence-electron chi connectivity index (χ3n) is 3.34. The van der Waals surface area contributed by atoms with Gasteiger partial charge in [0.25, 0.3) is 0 Å². The van der Waals surface area contributed by atoms with Gasteiger partial charge in [-0.05, 0) is 28.8 Å². The van der Waals surface area contributed by atoms with Crippen molar-refractivity contribution >= 4 is 27.3 Å². The summed E-state index contributed by atoms with van der Waals surface area (Å²) >= 11 is 3.51. The summed E-state index contributed by atoms with van der Waals surface area (Å²) in [5.74, 6) is 1.13. The van der Waals surface area contributed by atoms with Crippen LogP contribution in [-0.4, -0.2) is 27.7 Å². The maximum absolute atomic E-state index is 8.92. The van der Waals surface area contributed by atoms with Crippen LogP contribution in [0, 0.1) is 17.2 Å². The second-order valence-corrected chi connectivity index (χ2v) is 5.28. The van der Waals surface area contributed by atoms with Gasteiger partial charge in [0, 0.05) is 31.4 Å². The Balaban J connectivity index is 1.96. The summed E-state index contributed by atoms with van der Waals surface area (Å²) in [7, 11) is 0. The van der Waals surface area contributed by atoms with E-state index < -0.39 is 0 Å². The van der Waals surface area contributed by atoms with Crippen LogP contribution >= 0.6 is 15.9 Å². The molecule has 0 radical (unpaired) electrons. The number of halogens is 1. The van der Waals surface area contributed by atoms with Crippen molar-refractivity contribution in [1.82, 2.24) is 14.6 Å². The summed E-state index contributed by atoms with van der Waals surface area (Å²) in [4.78, 5) is 6.70. The Morgan fingerprint density at radius 1 is 1.39 bits per heavy atom. The molecule has 2 aromatic rings. The van der Waals surface area contributed by atoms with Crippen molar-refractivity contribution < 1.29 is 0 Å². The Bertz CT molecular complexity index is 606. The fraction of sp³-hybridized carbons (Fsp3) is 0.417. The molecule has 3 rings (SSSR count). The molecule has 0 unspecified atom stereocenters. The van der Waals surface area contributed by atoms with Crippen LogP contribution in [0.2, 0.25) is 0 Å². The third kappa shape index (κ3) is 1.85. The number of nitrogens with zero attached hydrogens (tertiary/aromatic N) is 5. The van der Waals surface area contributed by atoms with E-state index in [1.807, 2.05) is 10.7 Å². The smallest absolute Gasteiger partial charge is 0.155 e. The van der Waals surface area contributed by atoms with Crippen molar-refractivity contribution in [3.05, 3.63) is 23.1 Å². The maximum Gasteiger partial charge on any atom is 0.155 e. The summed E-state index contributed by atoms with van der Waals surface area (Å²) in [5, 5.41) is 13.2. The molecule has 92 valence electrons. The highest BCUT2D eigenvalue weighted by atomic mass is 79.9. The standard InChI is InChI=1S/C12H12BrN5/c13-10-8-16-18-6-3-15-12(11(10)18)17-4-1-9(7-14)2-5-17/h3,6,8-9H,1-2,4-5H2. The highest BCUT2D eigenvalue weighted by molar-refractivity contribution is 9.10. The van der Waals surface area contributed by atoms with Crippen LogP contribution in [0.5, 0.6) is 0 Å². The van der Waals surface area contributed by atoms with Crippen molar-refractivity contribution in [2.45, 2.75) is 12.8 Å². The van der Waals surface area contributed by atoms with E-state index in [9.17, 15) is 0 Å². The van der Waals surface area contributed by atoms with Crippen LogP contribution in [0.3, 0.4) is 0 Å². The maximum atomic E-state index is 8.92. The van der Waals surface area contributed by atoms with Crippen molar-refractivity contribution in [3.8, 4) is 6.07 Å². The highest BCUT2D eigenvalue weighted by Gasteiger charge is 2.22. The minimum atomic E-state index is 0.189. The molecule has 0 amide bonds. The molecule has 0 aromatic carbocycles. The number of anilines is 1. The van der Waals surface area contributed by atoms with E-state index in [-0.39, 0.29) is 5.92 Å². The van der Waals surface area contributed by atoms with Crippen LogP contribution in [0.15, 0.2) is 23.1 Å². The SMILES string of the molecule is N#CC1CCN(c2nccn3ncc(Br)c23)CC1. The molecular weight excluding hydrogens is 294 g/mol. The lowest BCUT2D eigenvalue weighted by molar-refractivity contribution is 0.485. The molecule has 5 nitrogen and oxygen atoms in total. The molecular formula is C12H12BrN5. The Labute approximate surface area is 113 Å². The first-order valence-corrected chi connectivity index (χ1v) is 6.71. The lowest BCUT2D eigenvalue weighted by Gasteiger charge is -2.30. The van der Waals surface area contributed by atoms with Gasteiger partial charge in [0.05, 0.1) is 16.7 Å². The molecule has 18 heavy (non-hydrogen) atoms. The fourth-order valence-corrected chi connectivity index (χ4v) is 2.79. The first kappa shape index (κ1) is 11.5.